The lowest BCUT2D eigenvalue weighted by Crippen LogP contribution is -2.51. The molecule has 4 N–H and O–H groups in total. The number of hydrogen-bond donors (Lipinski definition) is 4. The fourth-order valence-electron chi connectivity index (χ4n) is 6.38. The van der Waals surface area contributed by atoms with Gasteiger partial charge in [-0.25, -0.2) is 14.0 Å². The van der Waals surface area contributed by atoms with Gasteiger partial charge in [0, 0.05) is 35.0 Å². The molecule has 0 aromatic heterocycles. The molecule has 4 atom stereocenters. The molecule has 4 aromatic carbocycles. The first-order chi connectivity index (χ1) is 24.1. The van der Waals surface area contributed by atoms with E-state index in [0.717, 1.165) is 36.9 Å². The molecule has 5 rings (SSSR count). The molecular formula is C40H43FN4O5. The number of nitrogens with one attached hydrogen (secondary N) is 4. The van der Waals surface area contributed by atoms with Crippen LogP contribution in [0, 0.1) is 11.7 Å². The number of piperidine rings is 1. The zero-order chi connectivity index (χ0) is 35.5. The van der Waals surface area contributed by atoms with Gasteiger partial charge in [-0.15, -0.1) is 0 Å². The first kappa shape index (κ1) is 35.9. The van der Waals surface area contributed by atoms with Crippen LogP contribution in [0.3, 0.4) is 0 Å². The van der Waals surface area contributed by atoms with Gasteiger partial charge in [-0.3, -0.25) is 14.9 Å². The molecule has 0 saturated carbocycles. The van der Waals surface area contributed by atoms with Crippen molar-refractivity contribution in [2.75, 3.05) is 17.2 Å². The Bertz CT molecular complexity index is 1780. The third-order valence-electron chi connectivity index (χ3n) is 8.92. The van der Waals surface area contributed by atoms with Crippen LogP contribution in [0.2, 0.25) is 0 Å². The van der Waals surface area contributed by atoms with Crippen molar-refractivity contribution in [1.29, 1.82) is 0 Å². The van der Waals surface area contributed by atoms with Gasteiger partial charge in [0.1, 0.15) is 11.9 Å². The zero-order valence-electron chi connectivity index (χ0n) is 28.3. The SMILES string of the molecule is CC(=O)c1cccc(NC(=O)N[C@H](Cc2ccccc2)[C@@H](CC2CC(Cc3ccc(F)cc3)CCN2)OC(=O)Nc2cccc(C(C)=O)c2)c1. The molecule has 260 valence electrons. The summed E-state index contributed by atoms with van der Waals surface area (Å²) in [7, 11) is 0. The standard InChI is InChI=1S/C40H43FN4O5/c1-26(46)31-10-6-12-34(23-31)43-39(48)45-37(22-28-8-4-3-5-9-28)38(50-40(49)44-35-13-7-11-32(24-35)27(2)47)25-36-21-30(18-19-42-36)20-29-14-16-33(41)17-15-29/h3-17,23-24,30,36-38,42H,18-22,25H2,1-2H3,(H,44,49)(H2,43,45,48)/t30?,36?,37-,38-/m1/s1. The molecule has 1 saturated heterocycles. The van der Waals surface area contributed by atoms with Crippen LogP contribution in [0.1, 0.15) is 65.0 Å². The van der Waals surface area contributed by atoms with Crippen molar-refractivity contribution in [3.8, 4) is 0 Å². The fourth-order valence-corrected chi connectivity index (χ4v) is 6.38. The van der Waals surface area contributed by atoms with E-state index in [4.69, 9.17) is 4.74 Å². The average Bonchev–Trinajstić information content (AvgIpc) is 3.09. The molecule has 9 nitrogen and oxygen atoms in total. The van der Waals surface area contributed by atoms with Gasteiger partial charge in [0.25, 0.3) is 0 Å². The minimum Gasteiger partial charge on any atom is -0.444 e. The summed E-state index contributed by atoms with van der Waals surface area (Å²) in [6, 6.07) is 28.3. The number of hydrogen-bond acceptors (Lipinski definition) is 6. The fraction of sp³-hybridized carbons (Fsp3) is 0.300. The molecule has 50 heavy (non-hydrogen) atoms. The van der Waals surface area contributed by atoms with Crippen LogP contribution < -0.4 is 21.3 Å². The van der Waals surface area contributed by atoms with Gasteiger partial charge in [-0.2, -0.15) is 0 Å². The third-order valence-corrected chi connectivity index (χ3v) is 8.92. The molecule has 0 aliphatic carbocycles. The van der Waals surface area contributed by atoms with E-state index in [1.165, 1.54) is 26.0 Å². The molecule has 1 heterocycles. The second-order valence-corrected chi connectivity index (χ2v) is 12.8. The van der Waals surface area contributed by atoms with Crippen molar-refractivity contribution in [2.24, 2.45) is 5.92 Å². The molecule has 2 unspecified atom stereocenters. The molecule has 1 aliphatic heterocycles. The average molecular weight is 679 g/mol. The number of ether oxygens (including phenoxy) is 1. The Hall–Kier alpha value is -5.35. The summed E-state index contributed by atoms with van der Waals surface area (Å²) >= 11 is 0. The highest BCUT2D eigenvalue weighted by Gasteiger charge is 2.32. The lowest BCUT2D eigenvalue weighted by Gasteiger charge is -2.35. The summed E-state index contributed by atoms with van der Waals surface area (Å²) in [5, 5.41) is 12.2. The normalized spacial score (nSPS) is 16.8. The van der Waals surface area contributed by atoms with Crippen molar-refractivity contribution in [2.45, 2.75) is 64.1 Å². The lowest BCUT2D eigenvalue weighted by molar-refractivity contribution is 0.0688. The molecule has 0 radical (unpaired) electrons. The summed E-state index contributed by atoms with van der Waals surface area (Å²) in [6.07, 6.45) is 1.81. The number of rotatable bonds is 13. The maximum absolute atomic E-state index is 13.5. The number of anilines is 2. The number of ketones is 2. The zero-order valence-corrected chi connectivity index (χ0v) is 28.3. The van der Waals surface area contributed by atoms with Crippen LogP contribution in [-0.2, 0) is 17.6 Å². The predicted molar refractivity (Wildman–Crippen MR) is 192 cm³/mol. The molecular weight excluding hydrogens is 635 g/mol. The highest BCUT2D eigenvalue weighted by Crippen LogP contribution is 2.26. The second-order valence-electron chi connectivity index (χ2n) is 12.8. The van der Waals surface area contributed by atoms with E-state index < -0.39 is 24.3 Å². The highest BCUT2D eigenvalue weighted by molar-refractivity contribution is 5.97. The van der Waals surface area contributed by atoms with Gasteiger partial charge in [0.05, 0.1) is 6.04 Å². The Morgan fingerprint density at radius 1 is 0.800 bits per heavy atom. The van der Waals surface area contributed by atoms with Crippen molar-refractivity contribution in [1.82, 2.24) is 10.6 Å². The summed E-state index contributed by atoms with van der Waals surface area (Å²) in [5.74, 6) is -0.198. The van der Waals surface area contributed by atoms with Crippen LogP contribution >= 0.6 is 0 Å². The Labute approximate surface area is 292 Å². The van der Waals surface area contributed by atoms with E-state index >= 15 is 0 Å². The largest absolute Gasteiger partial charge is 0.444 e. The van der Waals surface area contributed by atoms with E-state index in [9.17, 15) is 23.6 Å². The smallest absolute Gasteiger partial charge is 0.411 e. The second kappa shape index (κ2) is 17.3. The minimum absolute atomic E-state index is 0.0385. The number of halogens is 1. The van der Waals surface area contributed by atoms with Crippen LogP contribution in [0.25, 0.3) is 0 Å². The first-order valence-electron chi connectivity index (χ1n) is 16.9. The topological polar surface area (TPSA) is 126 Å². The van der Waals surface area contributed by atoms with Gasteiger partial charge in [0.2, 0.25) is 0 Å². The number of amides is 3. The van der Waals surface area contributed by atoms with Crippen molar-refractivity contribution < 1.29 is 28.3 Å². The first-order valence-corrected chi connectivity index (χ1v) is 16.9. The van der Waals surface area contributed by atoms with E-state index in [1.807, 2.05) is 42.5 Å². The Morgan fingerprint density at radius 3 is 2.08 bits per heavy atom. The Morgan fingerprint density at radius 2 is 1.44 bits per heavy atom. The number of carbonyl (C=O) groups excluding carboxylic acids is 4. The van der Waals surface area contributed by atoms with Gasteiger partial charge < -0.3 is 20.7 Å². The monoisotopic (exact) mass is 678 g/mol. The van der Waals surface area contributed by atoms with E-state index in [-0.39, 0.29) is 23.4 Å². The van der Waals surface area contributed by atoms with Gasteiger partial charge >= 0.3 is 12.1 Å². The number of carbonyl (C=O) groups is 4. The van der Waals surface area contributed by atoms with Crippen LogP contribution in [-0.4, -0.2) is 48.4 Å². The van der Waals surface area contributed by atoms with E-state index in [0.29, 0.717) is 41.3 Å². The van der Waals surface area contributed by atoms with Crippen molar-refractivity contribution in [3.63, 3.8) is 0 Å². The minimum atomic E-state index is -0.775. The van der Waals surface area contributed by atoms with Gasteiger partial charge in [-0.05, 0) is 99.5 Å². The molecule has 1 fully saturated rings. The number of urea groups is 1. The number of benzene rings is 4. The molecule has 10 heteroatoms. The summed E-state index contributed by atoms with van der Waals surface area (Å²) in [5.41, 5.74) is 3.77. The van der Waals surface area contributed by atoms with Gasteiger partial charge in [-0.1, -0.05) is 66.7 Å². The Kier molecular flexibility index (Phi) is 12.5. The lowest BCUT2D eigenvalue weighted by atomic mass is 9.84. The van der Waals surface area contributed by atoms with Crippen LogP contribution in [0.5, 0.6) is 0 Å². The third kappa shape index (κ3) is 10.8. The summed E-state index contributed by atoms with van der Waals surface area (Å²) < 4.78 is 19.7. The molecule has 3 amide bonds. The van der Waals surface area contributed by atoms with Gasteiger partial charge in [0.15, 0.2) is 11.6 Å². The Balaban J connectivity index is 1.38. The maximum Gasteiger partial charge on any atom is 0.411 e. The summed E-state index contributed by atoms with van der Waals surface area (Å²) in [6.45, 7) is 3.67. The molecule has 1 aliphatic rings. The molecule has 4 aromatic rings. The van der Waals surface area contributed by atoms with Crippen LogP contribution in [0.4, 0.5) is 25.4 Å². The molecule has 0 bridgehead atoms. The van der Waals surface area contributed by atoms with Crippen molar-refractivity contribution >= 4 is 35.1 Å². The predicted octanol–water partition coefficient (Wildman–Crippen LogP) is 7.58. The van der Waals surface area contributed by atoms with Crippen LogP contribution in [0.15, 0.2) is 103 Å². The molecule has 0 spiro atoms. The quantitative estimate of drug-likeness (QED) is 0.108. The van der Waals surface area contributed by atoms with Crippen molar-refractivity contribution in [3.05, 3.63) is 131 Å². The highest BCUT2D eigenvalue weighted by atomic mass is 19.1. The summed E-state index contributed by atoms with van der Waals surface area (Å²) in [4.78, 5) is 50.9. The maximum atomic E-state index is 13.5. The number of Topliss-reactive ketones (excluding diaryl/α,β-unsaturated/α-hetero) is 2. The van der Waals surface area contributed by atoms with E-state index in [2.05, 4.69) is 21.3 Å². The van der Waals surface area contributed by atoms with E-state index in [1.54, 1.807) is 48.5 Å².